The van der Waals surface area contributed by atoms with Crippen LogP contribution in [0.1, 0.15) is 18.5 Å². The van der Waals surface area contributed by atoms with E-state index in [0.29, 0.717) is 6.42 Å². The summed E-state index contributed by atoms with van der Waals surface area (Å²) in [5, 5.41) is 9.70. The maximum absolute atomic E-state index is 10.4. The molecule has 1 aromatic carbocycles. The number of H-pyrrole nitrogens is 1. The molecule has 0 aliphatic carbocycles. The molecule has 4 heteroatoms. The van der Waals surface area contributed by atoms with E-state index < -0.39 is 5.97 Å². The molecule has 2 aromatic rings. The quantitative estimate of drug-likeness (QED) is 0.740. The average molecular weight is 220 g/mol. The molecule has 0 fully saturated rings. The van der Waals surface area contributed by atoms with E-state index in [0.717, 1.165) is 17.6 Å². The number of carbonyl (C=O) groups is 1. The third kappa shape index (κ3) is 2.84. The van der Waals surface area contributed by atoms with Crippen molar-refractivity contribution in [2.75, 3.05) is 0 Å². The number of rotatable bonds is 4. The zero-order valence-corrected chi connectivity index (χ0v) is 9.07. The van der Waals surface area contributed by atoms with Gasteiger partial charge in [0.15, 0.2) is 0 Å². The minimum atomic E-state index is -0.730. The maximum Gasteiger partial charge on any atom is 0.303 e. The van der Waals surface area contributed by atoms with Crippen molar-refractivity contribution in [2.24, 2.45) is 0 Å². The molecule has 0 bridgehead atoms. The topological polar surface area (TPSA) is 88.1 Å². The van der Waals surface area contributed by atoms with Crippen LogP contribution in [0.4, 0.5) is 0 Å². The summed E-state index contributed by atoms with van der Waals surface area (Å²) < 4.78 is 0. The van der Waals surface area contributed by atoms with Gasteiger partial charge in [-0.15, -0.1) is 0 Å². The van der Waals surface area contributed by atoms with Crippen molar-refractivity contribution in [3.63, 3.8) is 0 Å². The molecule has 0 unspecified atom stereocenters. The minimum Gasteiger partial charge on any atom is -0.481 e. The summed E-state index contributed by atoms with van der Waals surface area (Å²) in [5.41, 5.74) is 2.22. The van der Waals surface area contributed by atoms with Crippen LogP contribution in [0.2, 0.25) is 0 Å². The second-order valence-electron chi connectivity index (χ2n) is 3.63. The average Bonchev–Trinajstić information content (AvgIpc) is 2.59. The Morgan fingerprint density at radius 1 is 1.31 bits per heavy atom. The number of aromatic nitrogens is 1. The molecule has 5 N–H and O–H groups in total. The fourth-order valence-electron chi connectivity index (χ4n) is 1.70. The highest BCUT2D eigenvalue weighted by Gasteiger charge is 2.01. The molecule has 0 radical (unpaired) electrons. The van der Waals surface area contributed by atoms with E-state index in [1.165, 1.54) is 5.39 Å². The van der Waals surface area contributed by atoms with Gasteiger partial charge in [0.25, 0.3) is 0 Å². The second kappa shape index (κ2) is 5.32. The number of aliphatic carboxylic acids is 1. The highest BCUT2D eigenvalue weighted by atomic mass is 16.4. The molecule has 1 heterocycles. The van der Waals surface area contributed by atoms with Gasteiger partial charge in [-0.3, -0.25) is 4.79 Å². The molecule has 0 aliphatic heterocycles. The monoisotopic (exact) mass is 220 g/mol. The van der Waals surface area contributed by atoms with Crippen molar-refractivity contribution in [1.82, 2.24) is 11.1 Å². The fourth-order valence-corrected chi connectivity index (χ4v) is 1.70. The van der Waals surface area contributed by atoms with E-state index in [1.54, 1.807) is 0 Å². The first-order chi connectivity index (χ1) is 7.25. The zero-order valence-electron chi connectivity index (χ0n) is 9.07. The molecular weight excluding hydrogens is 204 g/mol. The van der Waals surface area contributed by atoms with Gasteiger partial charge in [-0.2, -0.15) is 0 Å². The largest absolute Gasteiger partial charge is 0.481 e. The molecular formula is C12H16N2O2. The zero-order chi connectivity index (χ0) is 10.7. The fraction of sp³-hybridized carbons (Fsp3) is 0.250. The molecule has 86 valence electrons. The molecule has 0 amide bonds. The molecule has 0 spiro atoms. The normalized spacial score (nSPS) is 10.0. The van der Waals surface area contributed by atoms with Crippen molar-refractivity contribution in [3.8, 4) is 0 Å². The number of carboxylic acid groups (broad SMARTS) is 1. The van der Waals surface area contributed by atoms with Crippen molar-refractivity contribution < 1.29 is 9.90 Å². The van der Waals surface area contributed by atoms with Crippen LogP contribution in [0, 0.1) is 0 Å². The van der Waals surface area contributed by atoms with E-state index in [1.807, 2.05) is 24.3 Å². The molecule has 0 aliphatic rings. The first-order valence-electron chi connectivity index (χ1n) is 5.04. The van der Waals surface area contributed by atoms with Crippen LogP contribution >= 0.6 is 0 Å². The number of para-hydroxylation sites is 1. The Balaban J connectivity index is 0.00000128. The third-order valence-corrected chi connectivity index (χ3v) is 2.42. The Hall–Kier alpha value is -1.81. The summed E-state index contributed by atoms with van der Waals surface area (Å²) in [6, 6.07) is 10.1. The number of carboxylic acids is 1. The smallest absolute Gasteiger partial charge is 0.303 e. The molecule has 4 nitrogen and oxygen atoms in total. The van der Waals surface area contributed by atoms with Crippen LogP contribution in [0.15, 0.2) is 30.3 Å². The van der Waals surface area contributed by atoms with Crippen LogP contribution in [-0.2, 0) is 11.2 Å². The van der Waals surface area contributed by atoms with Gasteiger partial charge < -0.3 is 16.2 Å². The van der Waals surface area contributed by atoms with Crippen LogP contribution in [0.3, 0.4) is 0 Å². The van der Waals surface area contributed by atoms with Gasteiger partial charge in [-0.05, 0) is 30.4 Å². The van der Waals surface area contributed by atoms with Crippen LogP contribution in [0.5, 0.6) is 0 Å². The molecule has 1 aromatic heterocycles. The Kier molecular flexibility index (Phi) is 4.08. The first-order valence-corrected chi connectivity index (χ1v) is 5.04. The number of hydrogen-bond donors (Lipinski definition) is 3. The van der Waals surface area contributed by atoms with Gasteiger partial charge in [-0.25, -0.2) is 0 Å². The van der Waals surface area contributed by atoms with E-state index in [4.69, 9.17) is 5.11 Å². The number of aryl methyl sites for hydroxylation is 1. The van der Waals surface area contributed by atoms with Crippen LogP contribution in [-0.4, -0.2) is 16.1 Å². The van der Waals surface area contributed by atoms with Gasteiger partial charge in [0, 0.05) is 17.6 Å². The van der Waals surface area contributed by atoms with Gasteiger partial charge >= 0.3 is 5.97 Å². The predicted octanol–water partition coefficient (Wildman–Crippen LogP) is 2.74. The molecule has 0 saturated heterocycles. The summed E-state index contributed by atoms with van der Waals surface area (Å²) in [7, 11) is 0. The summed E-state index contributed by atoms with van der Waals surface area (Å²) in [5.74, 6) is -0.730. The lowest BCUT2D eigenvalue weighted by Gasteiger charge is -1.94. The number of aromatic amines is 1. The molecule has 2 rings (SSSR count). The van der Waals surface area contributed by atoms with Crippen molar-refractivity contribution in [2.45, 2.75) is 19.3 Å². The van der Waals surface area contributed by atoms with Crippen molar-refractivity contribution >= 4 is 16.9 Å². The lowest BCUT2D eigenvalue weighted by Crippen LogP contribution is -1.95. The summed E-state index contributed by atoms with van der Waals surface area (Å²) in [6.45, 7) is 0. The summed E-state index contributed by atoms with van der Waals surface area (Å²) in [4.78, 5) is 13.6. The Labute approximate surface area is 93.9 Å². The summed E-state index contributed by atoms with van der Waals surface area (Å²) in [6.07, 6.45) is 1.71. The number of benzene rings is 1. The summed E-state index contributed by atoms with van der Waals surface area (Å²) >= 11 is 0. The van der Waals surface area contributed by atoms with Crippen LogP contribution < -0.4 is 6.15 Å². The second-order valence-corrected chi connectivity index (χ2v) is 3.63. The lowest BCUT2D eigenvalue weighted by molar-refractivity contribution is -0.137. The number of nitrogens with one attached hydrogen (secondary N) is 1. The number of fused-ring (bicyclic) bond motifs is 1. The van der Waals surface area contributed by atoms with Crippen molar-refractivity contribution in [3.05, 3.63) is 36.0 Å². The highest BCUT2D eigenvalue weighted by molar-refractivity contribution is 5.80. The Bertz CT molecular complexity index is 444. The van der Waals surface area contributed by atoms with E-state index in [2.05, 4.69) is 11.1 Å². The van der Waals surface area contributed by atoms with E-state index in [9.17, 15) is 4.79 Å². The number of hydrogen-bond acceptors (Lipinski definition) is 2. The van der Waals surface area contributed by atoms with Crippen molar-refractivity contribution in [1.29, 1.82) is 0 Å². The molecule has 16 heavy (non-hydrogen) atoms. The van der Waals surface area contributed by atoms with Gasteiger partial charge in [0.05, 0.1) is 0 Å². The Morgan fingerprint density at radius 2 is 2.06 bits per heavy atom. The van der Waals surface area contributed by atoms with Gasteiger partial charge in [-0.1, -0.05) is 18.2 Å². The first kappa shape index (κ1) is 12.3. The predicted molar refractivity (Wildman–Crippen MR) is 63.9 cm³/mol. The van der Waals surface area contributed by atoms with Gasteiger partial charge in [0.1, 0.15) is 0 Å². The minimum absolute atomic E-state index is 0. The highest BCUT2D eigenvalue weighted by Crippen LogP contribution is 2.15. The standard InChI is InChI=1S/C12H13NO2.H3N/c14-12(15)7-3-5-10-8-9-4-1-2-6-11(9)13-10;/h1-2,4,6,8,13H,3,5,7H2,(H,14,15);1H3. The van der Waals surface area contributed by atoms with E-state index in [-0.39, 0.29) is 12.6 Å². The lowest BCUT2D eigenvalue weighted by atomic mass is 10.2. The van der Waals surface area contributed by atoms with E-state index >= 15 is 0 Å². The molecule has 0 saturated carbocycles. The van der Waals surface area contributed by atoms with Gasteiger partial charge in [0.2, 0.25) is 0 Å². The Morgan fingerprint density at radius 3 is 2.75 bits per heavy atom. The SMILES string of the molecule is N.O=C(O)CCCc1cc2ccccc2[nH]1. The van der Waals surface area contributed by atoms with Crippen LogP contribution in [0.25, 0.3) is 10.9 Å². The third-order valence-electron chi connectivity index (χ3n) is 2.42. The maximum atomic E-state index is 10.4. The molecule has 0 atom stereocenters.